The molecule has 0 radical (unpaired) electrons. The lowest BCUT2D eigenvalue weighted by atomic mass is 9.92. The van der Waals surface area contributed by atoms with Gasteiger partial charge in [0.25, 0.3) is 0 Å². The molecule has 1 aromatic heterocycles. The number of benzene rings is 1. The molecule has 2 aromatic rings. The number of likely N-dealkylation sites (tertiary alicyclic amines) is 1. The van der Waals surface area contributed by atoms with E-state index in [0.717, 1.165) is 17.0 Å². The van der Waals surface area contributed by atoms with E-state index in [1.807, 2.05) is 46.8 Å². The minimum atomic E-state index is -0.471. The molecule has 5 nitrogen and oxygen atoms in total. The zero-order valence-electron chi connectivity index (χ0n) is 16.6. The van der Waals surface area contributed by atoms with Gasteiger partial charge in [-0.3, -0.25) is 9.97 Å². The Kier molecular flexibility index (Phi) is 6.35. The molecule has 1 amide bonds. The number of hydrogen-bond acceptors (Lipinski definition) is 4. The fraction of sp³-hybridized carbons (Fsp3) is 0.476. The standard InChI is InChI=1S/C19H23N3O2.C2H6/c1-13-6-5-7-14(10-13)16-17(21-9-8-20-16)15-11-22(12-15)18(23)24-19(2,3)4;1-2/h5-10,15H,11-12H2,1-4H3;1-2H3. The molecule has 0 unspecified atom stereocenters. The topological polar surface area (TPSA) is 55.3 Å². The van der Waals surface area contributed by atoms with E-state index in [9.17, 15) is 4.79 Å². The van der Waals surface area contributed by atoms with Crippen molar-refractivity contribution in [2.45, 2.75) is 53.1 Å². The molecule has 26 heavy (non-hydrogen) atoms. The van der Waals surface area contributed by atoms with Crippen LogP contribution in [0, 0.1) is 6.92 Å². The van der Waals surface area contributed by atoms with Gasteiger partial charge in [-0.1, -0.05) is 37.6 Å². The summed E-state index contributed by atoms with van der Waals surface area (Å²) in [6, 6.07) is 8.24. The van der Waals surface area contributed by atoms with Gasteiger partial charge in [0.2, 0.25) is 0 Å². The van der Waals surface area contributed by atoms with Crippen LogP contribution in [0.1, 0.15) is 51.8 Å². The summed E-state index contributed by atoms with van der Waals surface area (Å²) in [5, 5.41) is 0. The van der Waals surface area contributed by atoms with Crippen molar-refractivity contribution in [2.75, 3.05) is 13.1 Å². The lowest BCUT2D eigenvalue weighted by molar-refractivity contribution is 0.00789. The maximum absolute atomic E-state index is 12.1. The van der Waals surface area contributed by atoms with Gasteiger partial charge in [-0.05, 0) is 33.8 Å². The molecular weight excluding hydrogens is 326 g/mol. The van der Waals surface area contributed by atoms with Crippen molar-refractivity contribution in [1.82, 2.24) is 14.9 Å². The van der Waals surface area contributed by atoms with Crippen LogP contribution in [-0.2, 0) is 4.74 Å². The van der Waals surface area contributed by atoms with Gasteiger partial charge < -0.3 is 9.64 Å². The van der Waals surface area contributed by atoms with Crippen molar-refractivity contribution >= 4 is 6.09 Å². The molecule has 0 spiro atoms. The minimum absolute atomic E-state index is 0.196. The second kappa shape index (κ2) is 8.30. The van der Waals surface area contributed by atoms with Crippen LogP contribution in [0.25, 0.3) is 11.3 Å². The van der Waals surface area contributed by atoms with Gasteiger partial charge in [0.1, 0.15) is 5.60 Å². The molecule has 1 aliphatic rings. The summed E-state index contributed by atoms with van der Waals surface area (Å²) in [4.78, 5) is 22.9. The van der Waals surface area contributed by atoms with E-state index < -0.39 is 5.60 Å². The summed E-state index contributed by atoms with van der Waals surface area (Å²) in [6.45, 7) is 12.9. The van der Waals surface area contributed by atoms with E-state index in [2.05, 4.69) is 29.0 Å². The Balaban J connectivity index is 0.00000117. The normalized spacial score (nSPS) is 14.2. The van der Waals surface area contributed by atoms with Gasteiger partial charge in [-0.15, -0.1) is 0 Å². The molecule has 0 atom stereocenters. The van der Waals surface area contributed by atoms with Gasteiger partial charge in [-0.2, -0.15) is 0 Å². The van der Waals surface area contributed by atoms with Crippen molar-refractivity contribution in [2.24, 2.45) is 0 Å². The molecule has 5 heteroatoms. The van der Waals surface area contributed by atoms with Crippen LogP contribution < -0.4 is 0 Å². The van der Waals surface area contributed by atoms with Crippen LogP contribution in [-0.4, -0.2) is 39.7 Å². The van der Waals surface area contributed by atoms with Gasteiger partial charge in [0.15, 0.2) is 0 Å². The minimum Gasteiger partial charge on any atom is -0.444 e. The van der Waals surface area contributed by atoms with Gasteiger partial charge >= 0.3 is 6.09 Å². The first-order valence-electron chi connectivity index (χ1n) is 9.19. The zero-order chi connectivity index (χ0) is 19.3. The number of hydrogen-bond donors (Lipinski definition) is 0. The molecule has 140 valence electrons. The Labute approximate surface area is 156 Å². The zero-order valence-corrected chi connectivity index (χ0v) is 16.6. The van der Waals surface area contributed by atoms with Crippen LogP contribution in [0.4, 0.5) is 4.79 Å². The third-order valence-electron chi connectivity index (χ3n) is 3.94. The summed E-state index contributed by atoms with van der Waals surface area (Å²) in [5.41, 5.74) is 3.63. The second-order valence-electron chi connectivity index (χ2n) is 7.24. The number of ether oxygens (including phenoxy) is 1. The third-order valence-corrected chi connectivity index (χ3v) is 3.94. The summed E-state index contributed by atoms with van der Waals surface area (Å²) < 4.78 is 5.41. The monoisotopic (exact) mass is 355 g/mol. The van der Waals surface area contributed by atoms with Crippen LogP contribution in [0.2, 0.25) is 0 Å². The van der Waals surface area contributed by atoms with Gasteiger partial charge in [-0.25, -0.2) is 4.79 Å². The van der Waals surface area contributed by atoms with E-state index in [1.54, 1.807) is 17.3 Å². The van der Waals surface area contributed by atoms with Crippen LogP contribution in [0.3, 0.4) is 0 Å². The molecule has 3 rings (SSSR count). The maximum atomic E-state index is 12.1. The third kappa shape index (κ3) is 4.81. The maximum Gasteiger partial charge on any atom is 0.410 e. The molecule has 1 saturated heterocycles. The first kappa shape index (κ1) is 19.9. The predicted molar refractivity (Wildman–Crippen MR) is 104 cm³/mol. The number of aryl methyl sites for hydroxylation is 1. The average Bonchev–Trinajstić information content (AvgIpc) is 2.54. The molecule has 0 aliphatic carbocycles. The number of carbonyl (C=O) groups is 1. The first-order valence-corrected chi connectivity index (χ1v) is 9.19. The second-order valence-corrected chi connectivity index (χ2v) is 7.24. The lowest BCUT2D eigenvalue weighted by Gasteiger charge is -2.39. The highest BCUT2D eigenvalue weighted by atomic mass is 16.6. The predicted octanol–water partition coefficient (Wildman–Crippen LogP) is 4.81. The van der Waals surface area contributed by atoms with Crippen molar-refractivity contribution in [1.29, 1.82) is 0 Å². The molecule has 2 heterocycles. The Morgan fingerprint density at radius 1 is 1.15 bits per heavy atom. The highest BCUT2D eigenvalue weighted by Gasteiger charge is 2.36. The number of amides is 1. The molecule has 0 saturated carbocycles. The first-order chi connectivity index (χ1) is 12.3. The Morgan fingerprint density at radius 2 is 1.81 bits per heavy atom. The highest BCUT2D eigenvalue weighted by molar-refractivity contribution is 5.70. The molecule has 1 fully saturated rings. The molecular formula is C21H29N3O2. The summed E-state index contributed by atoms with van der Waals surface area (Å²) in [6.07, 6.45) is 3.16. The fourth-order valence-electron chi connectivity index (χ4n) is 2.79. The van der Waals surface area contributed by atoms with Crippen molar-refractivity contribution in [3.05, 3.63) is 47.9 Å². The number of aromatic nitrogens is 2. The SMILES string of the molecule is CC.Cc1cccc(-c2nccnc2C2CN(C(=O)OC(C)(C)C)C2)c1. The lowest BCUT2D eigenvalue weighted by Crippen LogP contribution is -2.50. The molecule has 0 bridgehead atoms. The number of nitrogens with zero attached hydrogens (tertiary/aromatic N) is 3. The average molecular weight is 355 g/mol. The van der Waals surface area contributed by atoms with Crippen molar-refractivity contribution in [3.63, 3.8) is 0 Å². The van der Waals surface area contributed by atoms with Crippen molar-refractivity contribution < 1.29 is 9.53 Å². The summed E-state index contributed by atoms with van der Waals surface area (Å²) in [7, 11) is 0. The smallest absolute Gasteiger partial charge is 0.410 e. The van der Waals surface area contributed by atoms with Crippen LogP contribution in [0.5, 0.6) is 0 Å². The Morgan fingerprint density at radius 3 is 2.42 bits per heavy atom. The number of rotatable bonds is 2. The fourth-order valence-corrected chi connectivity index (χ4v) is 2.79. The van der Waals surface area contributed by atoms with Crippen molar-refractivity contribution in [3.8, 4) is 11.3 Å². The summed E-state index contributed by atoms with van der Waals surface area (Å²) >= 11 is 0. The van der Waals surface area contributed by atoms with E-state index in [0.29, 0.717) is 13.1 Å². The Hall–Kier alpha value is -2.43. The van der Waals surface area contributed by atoms with Gasteiger partial charge in [0.05, 0.1) is 11.4 Å². The van der Waals surface area contributed by atoms with E-state index in [1.165, 1.54) is 5.56 Å². The Bertz CT molecular complexity index is 747. The van der Waals surface area contributed by atoms with Crippen LogP contribution >= 0.6 is 0 Å². The van der Waals surface area contributed by atoms with Crippen LogP contribution in [0.15, 0.2) is 36.7 Å². The number of carbonyl (C=O) groups excluding carboxylic acids is 1. The largest absolute Gasteiger partial charge is 0.444 e. The highest BCUT2D eigenvalue weighted by Crippen LogP contribution is 2.32. The molecule has 1 aliphatic heterocycles. The van der Waals surface area contributed by atoms with Gasteiger partial charge in [0, 0.05) is 37.0 Å². The van der Waals surface area contributed by atoms with E-state index in [4.69, 9.17) is 4.74 Å². The molecule has 1 aromatic carbocycles. The van der Waals surface area contributed by atoms with E-state index in [-0.39, 0.29) is 12.0 Å². The summed E-state index contributed by atoms with van der Waals surface area (Å²) in [5.74, 6) is 0.196. The van der Waals surface area contributed by atoms with E-state index >= 15 is 0 Å². The quantitative estimate of drug-likeness (QED) is 0.775. The molecule has 0 N–H and O–H groups in total.